The van der Waals surface area contributed by atoms with E-state index in [1.54, 1.807) is 12.1 Å². The Morgan fingerprint density at radius 1 is 1.36 bits per heavy atom. The first-order chi connectivity index (χ1) is 5.20. The molecule has 1 aromatic rings. The molecule has 0 fully saturated rings. The summed E-state index contributed by atoms with van der Waals surface area (Å²) >= 11 is 2.62. The van der Waals surface area contributed by atoms with Gasteiger partial charge in [0.2, 0.25) is 0 Å². The van der Waals surface area contributed by atoms with Gasteiger partial charge in [-0.1, -0.05) is 12.1 Å². The molecule has 1 atom stereocenters. The lowest BCUT2D eigenvalue weighted by Crippen LogP contribution is -1.83. The van der Waals surface area contributed by atoms with E-state index in [9.17, 15) is 4.53 Å². The van der Waals surface area contributed by atoms with Crippen molar-refractivity contribution in [2.24, 2.45) is 0 Å². The first-order valence-corrected chi connectivity index (χ1v) is 3.61. The van der Waals surface area contributed by atoms with Gasteiger partial charge in [0.25, 0.3) is 0 Å². The van der Waals surface area contributed by atoms with E-state index in [1.165, 1.54) is 0 Å². The van der Waals surface area contributed by atoms with Crippen LogP contribution in [0.4, 0.5) is 4.53 Å². The zero-order valence-electron chi connectivity index (χ0n) is 5.57. The second kappa shape index (κ2) is 6.40. The van der Waals surface area contributed by atoms with Crippen molar-refractivity contribution in [3.8, 4) is 5.75 Å². The fourth-order valence-electron chi connectivity index (χ4n) is 0.474. The molecule has 0 aliphatic heterocycles. The second-order valence-corrected chi connectivity index (χ2v) is 2.47. The molecule has 0 saturated carbocycles. The Labute approximate surface area is 72.1 Å². The molecule has 0 spiro atoms. The molecular formula is C6H8FO2PS. The van der Waals surface area contributed by atoms with Gasteiger partial charge >= 0.3 is 0 Å². The number of benzene rings is 1. The van der Waals surface area contributed by atoms with Gasteiger partial charge < -0.3 is 5.11 Å². The number of hydrogen-bond acceptors (Lipinski definition) is 3. The summed E-state index contributed by atoms with van der Waals surface area (Å²) < 4.78 is 12.1. The van der Waals surface area contributed by atoms with Gasteiger partial charge in [0, 0.05) is 12.9 Å². The van der Waals surface area contributed by atoms with Crippen LogP contribution in [-0.2, 0) is 4.39 Å². The number of aromatic hydroxyl groups is 1. The Bertz CT molecular complexity index is 171. The van der Waals surface area contributed by atoms with E-state index in [1.807, 2.05) is 12.1 Å². The van der Waals surface area contributed by atoms with Gasteiger partial charge in [-0.15, -0.1) is 13.6 Å². The van der Waals surface area contributed by atoms with E-state index in [2.05, 4.69) is 26.5 Å². The van der Waals surface area contributed by atoms with Crippen molar-refractivity contribution in [1.82, 2.24) is 0 Å². The maximum atomic E-state index is 9.66. The minimum atomic E-state index is 0.316. The maximum absolute atomic E-state index is 9.66. The van der Waals surface area contributed by atoms with Crippen molar-refractivity contribution < 1.29 is 14.0 Å². The number of phenolic OH excluding ortho intramolecular Hbond substituents is 1. The molecule has 62 valence electrons. The van der Waals surface area contributed by atoms with Crippen LogP contribution in [0.3, 0.4) is 0 Å². The molecule has 0 aromatic heterocycles. The molecule has 1 aromatic carbocycles. The van der Waals surface area contributed by atoms with Crippen LogP contribution >= 0.6 is 22.1 Å². The normalized spacial score (nSPS) is 8.27. The molecule has 2 nitrogen and oxygen atoms in total. The molecule has 1 unspecified atom stereocenters. The number of hydrogen-bond donors (Lipinski definition) is 2. The summed E-state index contributed by atoms with van der Waals surface area (Å²) in [6.07, 6.45) is 0. The lowest BCUT2D eigenvalue weighted by atomic mass is 10.3. The highest BCUT2D eigenvalue weighted by molar-refractivity contribution is 7.74. The van der Waals surface area contributed by atoms with Crippen molar-refractivity contribution in [1.29, 1.82) is 0 Å². The molecule has 0 aliphatic rings. The summed E-state index contributed by atoms with van der Waals surface area (Å²) in [5.74, 6) is 0.316. The van der Waals surface area contributed by atoms with Crippen molar-refractivity contribution in [2.75, 3.05) is 0 Å². The van der Waals surface area contributed by atoms with E-state index in [4.69, 9.17) is 5.11 Å². The minimum Gasteiger partial charge on any atom is -0.508 e. The standard InChI is InChI=1S/C6H7OP.FHOS/c7-5-1-3-6(8)4-2-5;1-2-3/h1-4,7H,8H2;3H. The molecule has 0 radical (unpaired) electrons. The quantitative estimate of drug-likeness (QED) is 0.373. The second-order valence-electron chi connectivity index (χ2n) is 1.66. The van der Waals surface area contributed by atoms with Crippen molar-refractivity contribution >= 4 is 27.5 Å². The third kappa shape index (κ3) is 6.10. The lowest BCUT2D eigenvalue weighted by Gasteiger charge is -1.89. The average Bonchev–Trinajstić information content (AvgIpc) is 1.97. The van der Waals surface area contributed by atoms with Crippen LogP contribution in [-0.4, -0.2) is 5.11 Å². The predicted octanol–water partition coefficient (Wildman–Crippen LogP) is 1.62. The maximum Gasteiger partial charge on any atom is 0.115 e. The number of halogens is 1. The summed E-state index contributed by atoms with van der Waals surface area (Å²) in [6.45, 7) is 0. The monoisotopic (exact) mass is 194 g/mol. The van der Waals surface area contributed by atoms with Crippen LogP contribution in [0.2, 0.25) is 0 Å². The first kappa shape index (κ1) is 10.7. The van der Waals surface area contributed by atoms with Crippen LogP contribution in [0.5, 0.6) is 5.75 Å². The van der Waals surface area contributed by atoms with Gasteiger partial charge in [-0.2, -0.15) is 0 Å². The topological polar surface area (TPSA) is 29.5 Å². The van der Waals surface area contributed by atoms with E-state index in [0.29, 0.717) is 5.75 Å². The summed E-state index contributed by atoms with van der Waals surface area (Å²) in [6, 6.07) is 6.98. The fraction of sp³-hybridized carbons (Fsp3) is 0. The zero-order valence-corrected chi connectivity index (χ0v) is 7.62. The van der Waals surface area contributed by atoms with Crippen LogP contribution in [0, 0.1) is 0 Å². The van der Waals surface area contributed by atoms with Crippen LogP contribution in [0.25, 0.3) is 0 Å². The largest absolute Gasteiger partial charge is 0.508 e. The van der Waals surface area contributed by atoms with E-state index >= 15 is 0 Å². The van der Waals surface area contributed by atoms with Crippen LogP contribution in [0.15, 0.2) is 24.3 Å². The fourth-order valence-corrected chi connectivity index (χ4v) is 0.667. The molecule has 1 N–H and O–H groups in total. The Hall–Kier alpha value is -0.310. The highest BCUT2D eigenvalue weighted by Crippen LogP contribution is 2.03. The molecule has 0 aliphatic carbocycles. The number of thiol groups is 1. The molecule has 0 bridgehead atoms. The molecule has 0 amide bonds. The van der Waals surface area contributed by atoms with E-state index in [-0.39, 0.29) is 0 Å². The smallest absolute Gasteiger partial charge is 0.115 e. The third-order valence-corrected chi connectivity index (χ3v) is 1.28. The Morgan fingerprint density at radius 3 is 2.00 bits per heavy atom. The zero-order chi connectivity index (χ0) is 8.69. The predicted molar refractivity (Wildman–Crippen MR) is 48.6 cm³/mol. The van der Waals surface area contributed by atoms with Gasteiger partial charge in [0.05, 0.1) is 0 Å². The highest BCUT2D eigenvalue weighted by Gasteiger charge is 1.82. The third-order valence-electron chi connectivity index (χ3n) is 0.893. The van der Waals surface area contributed by atoms with Crippen molar-refractivity contribution in [3.63, 3.8) is 0 Å². The molecule has 0 heterocycles. The van der Waals surface area contributed by atoms with E-state index in [0.717, 1.165) is 5.30 Å². The van der Waals surface area contributed by atoms with Crippen molar-refractivity contribution in [2.45, 2.75) is 0 Å². The molecular weight excluding hydrogens is 186 g/mol. The SMILES string of the molecule is FOS.Oc1ccc(P)cc1. The Morgan fingerprint density at radius 2 is 1.73 bits per heavy atom. The molecule has 11 heavy (non-hydrogen) atoms. The Balaban J connectivity index is 0.000000292. The molecule has 0 saturated heterocycles. The highest BCUT2D eigenvalue weighted by atomic mass is 32.1. The van der Waals surface area contributed by atoms with Crippen molar-refractivity contribution in [3.05, 3.63) is 24.3 Å². The van der Waals surface area contributed by atoms with Gasteiger partial charge in [-0.3, -0.25) is 0 Å². The van der Waals surface area contributed by atoms with Gasteiger partial charge in [-0.25, -0.2) is 0 Å². The summed E-state index contributed by atoms with van der Waals surface area (Å²) in [5, 5.41) is 9.83. The summed E-state index contributed by atoms with van der Waals surface area (Å²) in [5.41, 5.74) is 0. The summed E-state index contributed by atoms with van der Waals surface area (Å²) in [7, 11) is 2.54. The average molecular weight is 194 g/mol. The van der Waals surface area contributed by atoms with Gasteiger partial charge in [0.15, 0.2) is 0 Å². The number of rotatable bonds is 0. The lowest BCUT2D eigenvalue weighted by molar-refractivity contribution is 0.0275. The first-order valence-electron chi connectivity index (χ1n) is 2.67. The van der Waals surface area contributed by atoms with E-state index < -0.39 is 0 Å². The molecule has 5 heteroatoms. The molecule has 1 rings (SSSR count). The number of phenols is 1. The van der Waals surface area contributed by atoms with Crippen LogP contribution < -0.4 is 5.30 Å². The van der Waals surface area contributed by atoms with Gasteiger partial charge in [0.1, 0.15) is 5.75 Å². The van der Waals surface area contributed by atoms with Crippen LogP contribution in [0.1, 0.15) is 0 Å². The Kier molecular flexibility index (Phi) is 6.22. The minimum absolute atomic E-state index is 0.316. The van der Waals surface area contributed by atoms with Gasteiger partial charge in [-0.05, 0) is 22.0 Å². The summed E-state index contributed by atoms with van der Waals surface area (Å²) in [4.78, 5) is 0.